The Kier molecular flexibility index (Phi) is 9.03. The number of nitrogens with one attached hydrogen (secondary N) is 1. The average molecular weight is 480 g/mol. The van der Waals surface area contributed by atoms with Crippen LogP contribution in [0.1, 0.15) is 59.8 Å². The Morgan fingerprint density at radius 3 is 2.78 bits per heavy atom. The van der Waals surface area contributed by atoms with Crippen LogP contribution in [0.4, 0.5) is 0 Å². The second-order valence-electron chi connectivity index (χ2n) is 8.92. The van der Waals surface area contributed by atoms with Gasteiger partial charge in [0.25, 0.3) is 5.56 Å². The molecule has 1 amide bonds. The van der Waals surface area contributed by atoms with Crippen molar-refractivity contribution in [1.29, 1.82) is 0 Å². The number of nitrogens with zero attached hydrogens (tertiary/aromatic N) is 2. The molecule has 3 unspecified atom stereocenters. The van der Waals surface area contributed by atoms with Gasteiger partial charge in [-0.3, -0.25) is 14.2 Å². The molecule has 1 aliphatic carbocycles. The summed E-state index contributed by atoms with van der Waals surface area (Å²) in [4.78, 5) is 30.9. The fraction of sp³-hybridized carbons (Fsp3) is 0.625. The van der Waals surface area contributed by atoms with Crippen LogP contribution in [0.5, 0.6) is 0 Å². The van der Waals surface area contributed by atoms with Crippen LogP contribution in [0.25, 0.3) is 10.9 Å². The predicted octanol–water partition coefficient (Wildman–Crippen LogP) is 5.04. The highest BCUT2D eigenvalue weighted by Gasteiger charge is 2.26. The summed E-state index contributed by atoms with van der Waals surface area (Å²) in [6.07, 6.45) is 5.39. The first-order chi connectivity index (χ1) is 15.3. The molecule has 0 aliphatic heterocycles. The van der Waals surface area contributed by atoms with Crippen LogP contribution in [-0.4, -0.2) is 39.5 Å². The second kappa shape index (κ2) is 11.5. The van der Waals surface area contributed by atoms with Gasteiger partial charge >= 0.3 is 0 Å². The molecule has 6 nitrogen and oxygen atoms in total. The normalized spacial score (nSPS) is 19.9. The first-order valence-corrected chi connectivity index (χ1v) is 12.8. The highest BCUT2D eigenvalue weighted by Crippen LogP contribution is 2.27. The fourth-order valence-electron chi connectivity index (χ4n) is 4.05. The number of hydrogen-bond donors (Lipinski definition) is 1. The van der Waals surface area contributed by atoms with Gasteiger partial charge in [-0.15, -0.1) is 0 Å². The Morgan fingerprint density at radius 1 is 1.31 bits per heavy atom. The molecule has 1 aromatic heterocycles. The molecule has 0 spiro atoms. The van der Waals surface area contributed by atoms with Crippen molar-refractivity contribution in [3.05, 3.63) is 33.6 Å². The van der Waals surface area contributed by atoms with E-state index in [0.717, 1.165) is 19.3 Å². The molecule has 1 aliphatic rings. The summed E-state index contributed by atoms with van der Waals surface area (Å²) in [6, 6.07) is 5.33. The first-order valence-electron chi connectivity index (χ1n) is 11.5. The van der Waals surface area contributed by atoms with Crippen molar-refractivity contribution >= 4 is 40.2 Å². The van der Waals surface area contributed by atoms with E-state index in [0.29, 0.717) is 46.6 Å². The summed E-state index contributed by atoms with van der Waals surface area (Å²) in [7, 11) is 0. The lowest BCUT2D eigenvalue weighted by atomic mass is 9.86. The van der Waals surface area contributed by atoms with Crippen LogP contribution in [0.2, 0.25) is 5.02 Å². The van der Waals surface area contributed by atoms with Crippen LogP contribution >= 0.6 is 23.4 Å². The van der Waals surface area contributed by atoms with E-state index in [9.17, 15) is 9.59 Å². The maximum atomic E-state index is 13.2. The van der Waals surface area contributed by atoms with Crippen LogP contribution < -0.4 is 10.9 Å². The van der Waals surface area contributed by atoms with Crippen molar-refractivity contribution in [2.45, 2.75) is 88.9 Å². The van der Waals surface area contributed by atoms with Crippen molar-refractivity contribution in [2.24, 2.45) is 5.92 Å². The van der Waals surface area contributed by atoms with Gasteiger partial charge in [-0.05, 0) is 64.2 Å². The Hall–Kier alpha value is -1.57. The Morgan fingerprint density at radius 2 is 2.06 bits per heavy atom. The minimum Gasteiger partial charge on any atom is -0.379 e. The van der Waals surface area contributed by atoms with Crippen LogP contribution in [-0.2, 0) is 16.1 Å². The van der Waals surface area contributed by atoms with Gasteiger partial charge < -0.3 is 10.1 Å². The fourth-order valence-corrected chi connectivity index (χ4v) is 5.16. The molecule has 3 atom stereocenters. The lowest BCUT2D eigenvalue weighted by Gasteiger charge is -2.30. The zero-order valence-electron chi connectivity index (χ0n) is 19.4. The molecule has 8 heteroatoms. The molecule has 32 heavy (non-hydrogen) atoms. The molecule has 176 valence electrons. The van der Waals surface area contributed by atoms with Gasteiger partial charge in [0.2, 0.25) is 5.91 Å². The maximum Gasteiger partial charge on any atom is 0.262 e. The number of amides is 1. The molecule has 1 fully saturated rings. The molecular formula is C24H34ClN3O3S. The van der Waals surface area contributed by atoms with Crippen LogP contribution in [0.15, 0.2) is 28.2 Å². The SMILES string of the molecule is CC(C)OCCCn1c(SC(C)C(=O)NC2CCCCC2C)nc2cc(Cl)ccc2c1=O. The number of fused-ring (bicyclic) bond motifs is 1. The molecule has 1 N–H and O–H groups in total. The third kappa shape index (κ3) is 6.49. The summed E-state index contributed by atoms with van der Waals surface area (Å²) < 4.78 is 7.30. The smallest absolute Gasteiger partial charge is 0.262 e. The topological polar surface area (TPSA) is 73.2 Å². The number of carbonyl (C=O) groups excluding carboxylic acids is 1. The van der Waals surface area contributed by atoms with E-state index in [1.165, 1.54) is 18.2 Å². The van der Waals surface area contributed by atoms with Crippen molar-refractivity contribution in [3.63, 3.8) is 0 Å². The van der Waals surface area contributed by atoms with E-state index in [2.05, 4.69) is 12.2 Å². The van der Waals surface area contributed by atoms with Gasteiger partial charge in [-0.25, -0.2) is 4.98 Å². The third-order valence-electron chi connectivity index (χ3n) is 5.95. The maximum absolute atomic E-state index is 13.2. The van der Waals surface area contributed by atoms with Gasteiger partial charge in [0.1, 0.15) is 0 Å². The molecule has 0 saturated heterocycles. The monoisotopic (exact) mass is 479 g/mol. The Bertz CT molecular complexity index is 994. The Balaban J connectivity index is 1.81. The van der Waals surface area contributed by atoms with Crippen LogP contribution in [0.3, 0.4) is 0 Å². The first kappa shape index (κ1) is 25.1. The highest BCUT2D eigenvalue weighted by molar-refractivity contribution is 8.00. The standard InChI is InChI=1S/C24H34ClN3O3S/c1-15(2)31-13-7-12-28-23(30)19-11-10-18(25)14-21(19)27-24(28)32-17(4)22(29)26-20-9-6-5-8-16(20)3/h10-11,14-17,20H,5-9,12-13H2,1-4H3,(H,26,29). The van der Waals surface area contributed by atoms with Gasteiger partial charge in [-0.2, -0.15) is 0 Å². The average Bonchev–Trinajstić information content (AvgIpc) is 2.74. The number of ether oxygens (including phenoxy) is 1. The van der Waals surface area contributed by atoms with Gasteiger partial charge in [0.15, 0.2) is 5.16 Å². The quantitative estimate of drug-likeness (QED) is 0.310. The summed E-state index contributed by atoms with van der Waals surface area (Å²) >= 11 is 7.46. The van der Waals surface area contributed by atoms with Crippen LogP contribution in [0, 0.1) is 5.92 Å². The summed E-state index contributed by atoms with van der Waals surface area (Å²) in [6.45, 7) is 9.09. The number of benzene rings is 1. The van der Waals surface area contributed by atoms with Gasteiger partial charge in [0, 0.05) is 24.2 Å². The molecule has 1 aromatic carbocycles. The molecule has 1 heterocycles. The van der Waals surface area contributed by atoms with Crippen molar-refractivity contribution in [3.8, 4) is 0 Å². The summed E-state index contributed by atoms with van der Waals surface area (Å²) in [5.41, 5.74) is 0.431. The highest BCUT2D eigenvalue weighted by atomic mass is 35.5. The van der Waals surface area contributed by atoms with Gasteiger partial charge in [0.05, 0.1) is 22.3 Å². The number of rotatable bonds is 9. The van der Waals surface area contributed by atoms with Crippen molar-refractivity contribution in [1.82, 2.24) is 14.9 Å². The number of halogens is 1. The molecule has 0 radical (unpaired) electrons. The molecule has 0 bridgehead atoms. The Labute approximate surface area is 199 Å². The van der Waals surface area contributed by atoms with E-state index in [-0.39, 0.29) is 28.9 Å². The van der Waals surface area contributed by atoms with E-state index >= 15 is 0 Å². The number of thioether (sulfide) groups is 1. The van der Waals surface area contributed by atoms with Crippen molar-refractivity contribution in [2.75, 3.05) is 6.61 Å². The zero-order chi connectivity index (χ0) is 23.3. The molecular weight excluding hydrogens is 446 g/mol. The van der Waals surface area contributed by atoms with Gasteiger partial charge in [-0.1, -0.05) is 43.1 Å². The molecule has 3 rings (SSSR count). The third-order valence-corrected chi connectivity index (χ3v) is 7.28. The van der Waals surface area contributed by atoms with Crippen molar-refractivity contribution < 1.29 is 9.53 Å². The zero-order valence-corrected chi connectivity index (χ0v) is 21.0. The summed E-state index contributed by atoms with van der Waals surface area (Å²) in [5.74, 6) is 0.480. The van der Waals surface area contributed by atoms with E-state index in [1.807, 2.05) is 20.8 Å². The summed E-state index contributed by atoms with van der Waals surface area (Å²) in [5, 5.41) is 4.44. The van der Waals surface area contributed by atoms with E-state index in [1.54, 1.807) is 22.8 Å². The number of aromatic nitrogens is 2. The minimum atomic E-state index is -0.370. The number of hydrogen-bond acceptors (Lipinski definition) is 5. The van der Waals surface area contributed by atoms with E-state index in [4.69, 9.17) is 21.3 Å². The van der Waals surface area contributed by atoms with E-state index < -0.39 is 0 Å². The lowest BCUT2D eigenvalue weighted by Crippen LogP contribution is -2.44. The predicted molar refractivity (Wildman–Crippen MR) is 132 cm³/mol. The molecule has 1 saturated carbocycles. The molecule has 2 aromatic rings. The second-order valence-corrected chi connectivity index (χ2v) is 10.7. The largest absolute Gasteiger partial charge is 0.379 e. The minimum absolute atomic E-state index is 0.0103. The lowest BCUT2D eigenvalue weighted by molar-refractivity contribution is -0.121. The number of carbonyl (C=O) groups is 1.